The fourth-order valence-corrected chi connectivity index (χ4v) is 4.87. The number of rotatable bonds is 12. The van der Waals surface area contributed by atoms with Crippen molar-refractivity contribution in [2.24, 2.45) is 11.8 Å². The third kappa shape index (κ3) is 8.68. The fourth-order valence-electron chi connectivity index (χ4n) is 4.87. The molecule has 3 nitrogen and oxygen atoms in total. The molecule has 0 aliphatic rings. The van der Waals surface area contributed by atoms with Crippen LogP contribution in [0.15, 0.2) is 66.7 Å². The topological polar surface area (TPSA) is 40.5 Å². The van der Waals surface area contributed by atoms with Crippen molar-refractivity contribution in [2.45, 2.75) is 85.9 Å². The number of benzene rings is 3. The van der Waals surface area contributed by atoms with E-state index in [0.29, 0.717) is 17.9 Å². The molecule has 3 aromatic carbocycles. The zero-order valence-corrected chi connectivity index (χ0v) is 24.8. The van der Waals surface area contributed by atoms with Crippen LogP contribution in [0.1, 0.15) is 89.5 Å². The van der Waals surface area contributed by atoms with Crippen molar-refractivity contribution in [1.82, 2.24) is 0 Å². The number of anilines is 1. The largest absolute Gasteiger partial charge is 0.481 e. The minimum absolute atomic E-state index is 0.0963. The van der Waals surface area contributed by atoms with Crippen molar-refractivity contribution in [3.8, 4) is 11.1 Å². The molecule has 3 aromatic rings. The molecule has 0 aliphatic carbocycles. The van der Waals surface area contributed by atoms with Crippen LogP contribution in [0, 0.1) is 11.8 Å². The van der Waals surface area contributed by atoms with Gasteiger partial charge in [0.05, 0.1) is 5.92 Å². The number of carboxylic acids is 1. The molecule has 1 unspecified atom stereocenters. The lowest BCUT2D eigenvalue weighted by Crippen LogP contribution is -2.25. The van der Waals surface area contributed by atoms with Crippen LogP contribution in [-0.2, 0) is 23.4 Å². The summed E-state index contributed by atoms with van der Waals surface area (Å²) in [7, 11) is 0. The summed E-state index contributed by atoms with van der Waals surface area (Å²) >= 11 is 0. The Morgan fingerprint density at radius 2 is 1.46 bits per heavy atom. The van der Waals surface area contributed by atoms with Gasteiger partial charge in [-0.1, -0.05) is 103 Å². The molecule has 0 spiro atoms. The molecule has 0 aromatic heterocycles. The van der Waals surface area contributed by atoms with Gasteiger partial charge in [0.15, 0.2) is 0 Å². The van der Waals surface area contributed by atoms with E-state index < -0.39 is 18.6 Å². The summed E-state index contributed by atoms with van der Waals surface area (Å²) in [5.41, 5.74) is 7.02. The molecule has 0 heterocycles. The molecule has 0 aliphatic heterocycles. The van der Waals surface area contributed by atoms with E-state index in [2.05, 4.69) is 89.8 Å². The SMILES string of the molecule is CC(C)CCN(Cc1ccc(C(C)(C)C)cc1)c1cc(-c2ccc(CF)cc2)cc(C(CC(C)C)C(=O)O)c1. The Hall–Kier alpha value is -3.14. The van der Waals surface area contributed by atoms with Crippen molar-refractivity contribution in [3.05, 3.63) is 89.0 Å². The molecule has 0 saturated carbocycles. The number of nitrogens with zero attached hydrogens (tertiary/aromatic N) is 1. The lowest BCUT2D eigenvalue weighted by atomic mass is 9.86. The average Bonchev–Trinajstić information content (AvgIpc) is 2.88. The Morgan fingerprint density at radius 3 is 1.97 bits per heavy atom. The highest BCUT2D eigenvalue weighted by atomic mass is 19.1. The molecule has 1 N–H and O–H groups in total. The normalized spacial score (nSPS) is 12.7. The van der Waals surface area contributed by atoms with E-state index in [0.717, 1.165) is 41.9 Å². The molecule has 39 heavy (non-hydrogen) atoms. The Morgan fingerprint density at radius 1 is 0.846 bits per heavy atom. The third-order valence-corrected chi connectivity index (χ3v) is 7.32. The van der Waals surface area contributed by atoms with Gasteiger partial charge in [-0.05, 0) is 75.6 Å². The summed E-state index contributed by atoms with van der Waals surface area (Å²) in [4.78, 5) is 14.8. The average molecular weight is 532 g/mol. The maximum Gasteiger partial charge on any atom is 0.310 e. The Kier molecular flexibility index (Phi) is 10.4. The standard InChI is InChI=1S/C35H46FNO2/c1-24(2)16-17-37(23-27-10-14-31(15-11-27)35(5,6)7)32-20-29(28-12-8-26(22-36)9-13-28)19-30(21-32)33(34(38)39)18-25(3)4/h8-15,19-21,24-25,33H,16-18,22-23H2,1-7H3,(H,38,39). The highest BCUT2D eigenvalue weighted by Crippen LogP contribution is 2.34. The van der Waals surface area contributed by atoms with E-state index in [4.69, 9.17) is 0 Å². The first-order valence-corrected chi connectivity index (χ1v) is 14.2. The number of carboxylic acid groups (broad SMARTS) is 1. The van der Waals surface area contributed by atoms with Gasteiger partial charge in [-0.2, -0.15) is 0 Å². The minimum Gasteiger partial charge on any atom is -0.481 e. The van der Waals surface area contributed by atoms with Gasteiger partial charge in [-0.3, -0.25) is 4.79 Å². The predicted molar refractivity (Wildman–Crippen MR) is 162 cm³/mol. The van der Waals surface area contributed by atoms with Crippen LogP contribution in [0.2, 0.25) is 0 Å². The number of hydrogen-bond donors (Lipinski definition) is 1. The van der Waals surface area contributed by atoms with Crippen LogP contribution in [0.3, 0.4) is 0 Å². The first-order valence-electron chi connectivity index (χ1n) is 14.2. The summed E-state index contributed by atoms with van der Waals surface area (Å²) in [6, 6.07) is 22.6. The first kappa shape index (κ1) is 30.4. The molecular formula is C35H46FNO2. The van der Waals surface area contributed by atoms with Crippen molar-refractivity contribution in [1.29, 1.82) is 0 Å². The van der Waals surface area contributed by atoms with E-state index in [9.17, 15) is 14.3 Å². The molecule has 0 amide bonds. The van der Waals surface area contributed by atoms with Gasteiger partial charge in [0, 0.05) is 18.8 Å². The molecular weight excluding hydrogens is 485 g/mol. The highest BCUT2D eigenvalue weighted by Gasteiger charge is 2.24. The Bertz CT molecular complexity index is 1210. The molecule has 0 fully saturated rings. The second kappa shape index (κ2) is 13.3. The van der Waals surface area contributed by atoms with Gasteiger partial charge in [0.2, 0.25) is 0 Å². The molecule has 0 saturated heterocycles. The van der Waals surface area contributed by atoms with Crippen LogP contribution >= 0.6 is 0 Å². The quantitative estimate of drug-likeness (QED) is 0.253. The zero-order valence-electron chi connectivity index (χ0n) is 24.8. The minimum atomic E-state index is -0.800. The van der Waals surface area contributed by atoms with E-state index in [-0.39, 0.29) is 11.3 Å². The number of aliphatic carboxylic acids is 1. The molecule has 1 atom stereocenters. The first-order chi connectivity index (χ1) is 18.4. The molecule has 0 bridgehead atoms. The third-order valence-electron chi connectivity index (χ3n) is 7.32. The number of alkyl halides is 1. The number of hydrogen-bond acceptors (Lipinski definition) is 2. The second-order valence-electron chi connectivity index (χ2n) is 12.7. The van der Waals surface area contributed by atoms with E-state index in [1.807, 2.05) is 18.2 Å². The van der Waals surface area contributed by atoms with E-state index >= 15 is 0 Å². The van der Waals surface area contributed by atoms with Crippen LogP contribution in [-0.4, -0.2) is 17.6 Å². The fraction of sp³-hybridized carbons (Fsp3) is 0.457. The summed E-state index contributed by atoms with van der Waals surface area (Å²) in [5.74, 6) is -0.599. The summed E-state index contributed by atoms with van der Waals surface area (Å²) < 4.78 is 13.2. The maximum absolute atomic E-state index is 13.2. The molecule has 210 valence electrons. The van der Waals surface area contributed by atoms with Gasteiger partial charge in [0.25, 0.3) is 0 Å². The predicted octanol–water partition coefficient (Wildman–Crippen LogP) is 9.39. The summed E-state index contributed by atoms with van der Waals surface area (Å²) in [5, 5.41) is 10.2. The van der Waals surface area contributed by atoms with Crippen LogP contribution in [0.25, 0.3) is 11.1 Å². The van der Waals surface area contributed by atoms with Gasteiger partial charge in [-0.15, -0.1) is 0 Å². The van der Waals surface area contributed by atoms with Gasteiger partial charge < -0.3 is 10.0 Å². The molecule has 0 radical (unpaired) electrons. The zero-order chi connectivity index (χ0) is 28.7. The highest BCUT2D eigenvalue weighted by molar-refractivity contribution is 5.79. The molecule has 4 heteroatoms. The van der Waals surface area contributed by atoms with Gasteiger partial charge in [-0.25, -0.2) is 4.39 Å². The van der Waals surface area contributed by atoms with Crippen molar-refractivity contribution >= 4 is 11.7 Å². The van der Waals surface area contributed by atoms with Crippen LogP contribution in [0.4, 0.5) is 10.1 Å². The monoisotopic (exact) mass is 531 g/mol. The Labute approximate surface area is 235 Å². The van der Waals surface area contributed by atoms with Crippen LogP contribution in [0.5, 0.6) is 0 Å². The van der Waals surface area contributed by atoms with E-state index in [1.165, 1.54) is 11.1 Å². The smallest absolute Gasteiger partial charge is 0.310 e. The van der Waals surface area contributed by atoms with Gasteiger partial charge in [0.1, 0.15) is 6.67 Å². The lowest BCUT2D eigenvalue weighted by Gasteiger charge is -2.28. The number of halogens is 1. The summed E-state index contributed by atoms with van der Waals surface area (Å²) in [6.45, 7) is 16.4. The van der Waals surface area contributed by atoms with Crippen molar-refractivity contribution < 1.29 is 14.3 Å². The number of carbonyl (C=O) groups is 1. The van der Waals surface area contributed by atoms with Gasteiger partial charge >= 0.3 is 5.97 Å². The maximum atomic E-state index is 13.2. The van der Waals surface area contributed by atoms with Crippen LogP contribution < -0.4 is 4.90 Å². The van der Waals surface area contributed by atoms with Crippen molar-refractivity contribution in [3.63, 3.8) is 0 Å². The summed E-state index contributed by atoms with van der Waals surface area (Å²) in [6.07, 6.45) is 1.60. The lowest BCUT2D eigenvalue weighted by molar-refractivity contribution is -0.139. The molecule has 3 rings (SSSR count). The second-order valence-corrected chi connectivity index (χ2v) is 12.7. The Balaban J connectivity index is 2.10. The van der Waals surface area contributed by atoms with E-state index in [1.54, 1.807) is 12.1 Å². The van der Waals surface area contributed by atoms with Crippen molar-refractivity contribution in [2.75, 3.05) is 11.4 Å².